The molecule has 0 radical (unpaired) electrons. The molecule has 0 aliphatic carbocycles. The fourth-order valence-corrected chi connectivity index (χ4v) is 1.04. The zero-order valence-electron chi connectivity index (χ0n) is 9.30. The first kappa shape index (κ1) is 12.5. The molecule has 0 spiro atoms. The van der Waals surface area contributed by atoms with Gasteiger partial charge in [-0.1, -0.05) is 19.8 Å². The molecule has 0 aliphatic rings. The minimum atomic E-state index is 0.509. The van der Waals surface area contributed by atoms with E-state index in [9.17, 15) is 0 Å². The summed E-state index contributed by atoms with van der Waals surface area (Å²) in [7, 11) is 2.06. The number of hydrogen-bond donors (Lipinski definition) is 1. The largest absolute Gasteiger partial charge is 0.315 e. The monoisotopic (exact) mass is 182 g/mol. The second-order valence-electron chi connectivity index (χ2n) is 4.02. The van der Waals surface area contributed by atoms with Crippen LogP contribution in [0.15, 0.2) is 0 Å². The Morgan fingerprint density at radius 3 is 2.38 bits per heavy atom. The molecule has 0 rings (SSSR count). The van der Waals surface area contributed by atoms with Gasteiger partial charge in [-0.2, -0.15) is 0 Å². The van der Waals surface area contributed by atoms with Crippen LogP contribution in [0.1, 0.15) is 20.8 Å². The first-order valence-corrected chi connectivity index (χ1v) is 4.92. The van der Waals surface area contributed by atoms with E-state index in [0.717, 1.165) is 19.6 Å². The van der Waals surface area contributed by atoms with Gasteiger partial charge in [0.05, 0.1) is 6.54 Å². The average Bonchev–Trinajstić information content (AvgIpc) is 2.04. The van der Waals surface area contributed by atoms with Crippen molar-refractivity contribution in [3.8, 4) is 12.3 Å². The molecule has 13 heavy (non-hydrogen) atoms. The Morgan fingerprint density at radius 2 is 1.92 bits per heavy atom. The smallest absolute Gasteiger partial charge is 0.0599 e. The van der Waals surface area contributed by atoms with Crippen LogP contribution in [0.5, 0.6) is 0 Å². The lowest BCUT2D eigenvalue weighted by molar-refractivity contribution is 0.277. The van der Waals surface area contributed by atoms with Gasteiger partial charge in [0.25, 0.3) is 0 Å². The van der Waals surface area contributed by atoms with Crippen molar-refractivity contribution >= 4 is 0 Å². The van der Waals surface area contributed by atoms with Gasteiger partial charge in [-0.3, -0.25) is 4.90 Å². The predicted octanol–water partition coefficient (Wildman–Crippen LogP) is 1.19. The van der Waals surface area contributed by atoms with Gasteiger partial charge >= 0.3 is 0 Å². The molecular weight excluding hydrogens is 160 g/mol. The van der Waals surface area contributed by atoms with Crippen LogP contribution in [-0.4, -0.2) is 37.6 Å². The van der Waals surface area contributed by atoms with E-state index in [1.165, 1.54) is 0 Å². The van der Waals surface area contributed by atoms with Gasteiger partial charge in [0.1, 0.15) is 0 Å². The maximum atomic E-state index is 5.23. The van der Waals surface area contributed by atoms with Crippen LogP contribution >= 0.6 is 0 Å². The molecule has 0 saturated carbocycles. The third-order valence-electron chi connectivity index (χ3n) is 2.09. The number of terminal acetylenes is 1. The van der Waals surface area contributed by atoms with E-state index >= 15 is 0 Å². The highest BCUT2D eigenvalue weighted by atomic mass is 15.1. The number of hydrogen-bond acceptors (Lipinski definition) is 2. The van der Waals surface area contributed by atoms with E-state index in [-0.39, 0.29) is 0 Å². The topological polar surface area (TPSA) is 15.3 Å². The standard InChI is InChI=1S/C11H22N2/c1-6-7-13(5)11(4)9-12-8-10(2)3/h1,10-12H,7-9H2,2-5H3. The summed E-state index contributed by atoms with van der Waals surface area (Å²) < 4.78 is 0. The first-order chi connectivity index (χ1) is 6.07. The summed E-state index contributed by atoms with van der Waals surface area (Å²) in [5.74, 6) is 3.36. The van der Waals surface area contributed by atoms with Gasteiger partial charge in [0.2, 0.25) is 0 Å². The van der Waals surface area contributed by atoms with E-state index < -0.39 is 0 Å². The molecule has 0 saturated heterocycles. The molecule has 0 aromatic carbocycles. The molecule has 0 amide bonds. The van der Waals surface area contributed by atoms with E-state index in [4.69, 9.17) is 6.42 Å². The van der Waals surface area contributed by atoms with Crippen molar-refractivity contribution in [3.05, 3.63) is 0 Å². The molecule has 2 nitrogen and oxygen atoms in total. The fourth-order valence-electron chi connectivity index (χ4n) is 1.04. The lowest BCUT2D eigenvalue weighted by Gasteiger charge is -2.23. The Morgan fingerprint density at radius 1 is 1.31 bits per heavy atom. The van der Waals surface area contributed by atoms with Crippen LogP contribution in [0.25, 0.3) is 0 Å². The Kier molecular flexibility index (Phi) is 6.66. The summed E-state index contributed by atoms with van der Waals surface area (Å²) in [4.78, 5) is 2.17. The molecule has 1 atom stereocenters. The van der Waals surface area contributed by atoms with Crippen molar-refractivity contribution in [2.75, 3.05) is 26.7 Å². The van der Waals surface area contributed by atoms with Gasteiger partial charge in [-0.05, 0) is 26.4 Å². The molecular formula is C11H22N2. The molecule has 0 aromatic heterocycles. The zero-order chi connectivity index (χ0) is 10.3. The van der Waals surface area contributed by atoms with Gasteiger partial charge in [-0.15, -0.1) is 6.42 Å². The average molecular weight is 182 g/mol. The number of likely N-dealkylation sites (N-methyl/N-ethyl adjacent to an activating group) is 1. The second kappa shape index (κ2) is 6.94. The second-order valence-corrected chi connectivity index (χ2v) is 4.02. The van der Waals surface area contributed by atoms with Crippen molar-refractivity contribution in [2.24, 2.45) is 5.92 Å². The first-order valence-electron chi connectivity index (χ1n) is 4.92. The summed E-state index contributed by atoms with van der Waals surface area (Å²) in [6.07, 6.45) is 5.23. The molecule has 0 heterocycles. The van der Waals surface area contributed by atoms with E-state index in [2.05, 4.69) is 44.0 Å². The van der Waals surface area contributed by atoms with Gasteiger partial charge in [0, 0.05) is 12.6 Å². The van der Waals surface area contributed by atoms with E-state index in [0.29, 0.717) is 12.0 Å². The molecule has 2 heteroatoms. The van der Waals surface area contributed by atoms with Crippen LogP contribution in [-0.2, 0) is 0 Å². The van der Waals surface area contributed by atoms with Crippen LogP contribution in [0.3, 0.4) is 0 Å². The maximum absolute atomic E-state index is 5.23. The van der Waals surface area contributed by atoms with Crippen LogP contribution in [0, 0.1) is 18.3 Å². The number of nitrogens with one attached hydrogen (secondary N) is 1. The minimum absolute atomic E-state index is 0.509. The summed E-state index contributed by atoms with van der Waals surface area (Å²) in [6.45, 7) is 9.42. The third kappa shape index (κ3) is 6.62. The molecule has 0 fully saturated rings. The Labute approximate surface area is 82.7 Å². The summed E-state index contributed by atoms with van der Waals surface area (Å²) in [5.41, 5.74) is 0. The quantitative estimate of drug-likeness (QED) is 0.621. The summed E-state index contributed by atoms with van der Waals surface area (Å²) >= 11 is 0. The minimum Gasteiger partial charge on any atom is -0.315 e. The number of nitrogens with zero attached hydrogens (tertiary/aromatic N) is 1. The predicted molar refractivity (Wildman–Crippen MR) is 58.6 cm³/mol. The Hall–Kier alpha value is -0.520. The third-order valence-corrected chi connectivity index (χ3v) is 2.09. The Bertz CT molecular complexity index is 158. The van der Waals surface area contributed by atoms with Crippen molar-refractivity contribution in [3.63, 3.8) is 0 Å². The van der Waals surface area contributed by atoms with Crippen molar-refractivity contribution in [1.82, 2.24) is 10.2 Å². The van der Waals surface area contributed by atoms with Crippen LogP contribution in [0.4, 0.5) is 0 Å². The summed E-state index contributed by atoms with van der Waals surface area (Å²) in [5, 5.41) is 3.41. The zero-order valence-corrected chi connectivity index (χ0v) is 9.30. The molecule has 0 aromatic rings. The molecule has 1 N–H and O–H groups in total. The highest BCUT2D eigenvalue weighted by molar-refractivity contribution is 4.88. The van der Waals surface area contributed by atoms with Crippen LogP contribution in [0.2, 0.25) is 0 Å². The van der Waals surface area contributed by atoms with Crippen molar-refractivity contribution in [2.45, 2.75) is 26.8 Å². The molecule has 0 bridgehead atoms. The van der Waals surface area contributed by atoms with Crippen LogP contribution < -0.4 is 5.32 Å². The lowest BCUT2D eigenvalue weighted by Crippen LogP contribution is -2.39. The van der Waals surface area contributed by atoms with Crippen molar-refractivity contribution in [1.29, 1.82) is 0 Å². The summed E-state index contributed by atoms with van der Waals surface area (Å²) in [6, 6.07) is 0.509. The number of rotatable bonds is 6. The van der Waals surface area contributed by atoms with Gasteiger partial charge in [-0.25, -0.2) is 0 Å². The molecule has 0 aliphatic heterocycles. The van der Waals surface area contributed by atoms with E-state index in [1.807, 2.05) is 0 Å². The van der Waals surface area contributed by atoms with Gasteiger partial charge < -0.3 is 5.32 Å². The Balaban J connectivity index is 3.50. The molecule has 1 unspecified atom stereocenters. The highest BCUT2D eigenvalue weighted by Gasteiger charge is 2.06. The van der Waals surface area contributed by atoms with E-state index in [1.54, 1.807) is 0 Å². The van der Waals surface area contributed by atoms with Gasteiger partial charge in [0.15, 0.2) is 0 Å². The normalized spacial score (nSPS) is 13.3. The molecule has 76 valence electrons. The fraction of sp³-hybridized carbons (Fsp3) is 0.818. The van der Waals surface area contributed by atoms with Crippen molar-refractivity contribution < 1.29 is 0 Å². The SMILES string of the molecule is C#CCN(C)C(C)CNCC(C)C. The highest BCUT2D eigenvalue weighted by Crippen LogP contribution is 1.93. The maximum Gasteiger partial charge on any atom is 0.0599 e. The lowest BCUT2D eigenvalue weighted by atomic mass is 10.2.